The molecule has 244 valence electrons. The number of sulfonamides is 1. The fourth-order valence-corrected chi connectivity index (χ4v) is 5.91. The molecule has 0 aromatic heterocycles. The molecule has 0 aliphatic rings. The van der Waals surface area contributed by atoms with E-state index in [2.05, 4.69) is 10.6 Å². The minimum absolute atomic E-state index is 0.0299. The first kappa shape index (κ1) is 34.5. The van der Waals surface area contributed by atoms with Gasteiger partial charge in [0.25, 0.3) is 11.8 Å². The van der Waals surface area contributed by atoms with Gasteiger partial charge in [0, 0.05) is 37.5 Å². The Morgan fingerprint density at radius 3 is 1.94 bits per heavy atom. The third-order valence-electron chi connectivity index (χ3n) is 7.39. The highest BCUT2D eigenvalue weighted by atomic mass is 32.2. The molecule has 0 fully saturated rings. The number of carbonyl (C=O) groups excluding carboxylic acids is 2. The van der Waals surface area contributed by atoms with Crippen LogP contribution in [0.25, 0.3) is 0 Å². The van der Waals surface area contributed by atoms with Crippen molar-refractivity contribution in [3.8, 4) is 0 Å². The van der Waals surface area contributed by atoms with Gasteiger partial charge in [-0.2, -0.15) is 0 Å². The molecule has 4 rings (SSSR count). The molecule has 4 aromatic rings. The normalized spacial score (nSPS) is 11.9. The highest BCUT2D eigenvalue weighted by molar-refractivity contribution is 7.88. The molecule has 0 saturated carbocycles. The zero-order valence-electron chi connectivity index (χ0n) is 25.5. The number of benzene rings is 4. The largest absolute Gasteiger partial charge is 0.478 e. The van der Waals surface area contributed by atoms with Gasteiger partial charge in [-0.1, -0.05) is 49.4 Å². The van der Waals surface area contributed by atoms with Crippen molar-refractivity contribution in [2.45, 2.75) is 25.1 Å². The number of carboxylic acid groups (broad SMARTS) is 2. The predicted molar refractivity (Wildman–Crippen MR) is 175 cm³/mol. The van der Waals surface area contributed by atoms with Crippen LogP contribution in [0.5, 0.6) is 0 Å². The SMILES string of the molecule is CC(CO)c1ccc(NC(=O)c2cc(CS(=O)(=O)N(C)Cc3cccc(NC(=O)c4ccccc4C(=O)O)c3)ccc2C(=O)O)cc1. The summed E-state index contributed by atoms with van der Waals surface area (Å²) in [4.78, 5) is 49.3. The van der Waals surface area contributed by atoms with Crippen LogP contribution in [0.3, 0.4) is 0 Å². The van der Waals surface area contributed by atoms with Crippen LogP contribution < -0.4 is 10.6 Å². The van der Waals surface area contributed by atoms with Crippen molar-refractivity contribution in [2.24, 2.45) is 0 Å². The Morgan fingerprint density at radius 1 is 0.702 bits per heavy atom. The summed E-state index contributed by atoms with van der Waals surface area (Å²) in [5.74, 6) is -4.61. The Labute approximate surface area is 271 Å². The Kier molecular flexibility index (Phi) is 10.9. The third kappa shape index (κ3) is 8.67. The monoisotopic (exact) mass is 659 g/mol. The van der Waals surface area contributed by atoms with E-state index in [9.17, 15) is 42.9 Å². The summed E-state index contributed by atoms with van der Waals surface area (Å²) >= 11 is 0. The summed E-state index contributed by atoms with van der Waals surface area (Å²) in [5.41, 5.74) is 1.59. The summed E-state index contributed by atoms with van der Waals surface area (Å²) in [5, 5.41) is 33.7. The van der Waals surface area contributed by atoms with Crippen molar-refractivity contribution in [1.82, 2.24) is 4.31 Å². The summed E-state index contributed by atoms with van der Waals surface area (Å²) < 4.78 is 27.7. The van der Waals surface area contributed by atoms with Gasteiger partial charge in [-0.25, -0.2) is 22.3 Å². The van der Waals surface area contributed by atoms with Crippen LogP contribution in [-0.4, -0.2) is 65.5 Å². The first-order chi connectivity index (χ1) is 22.3. The van der Waals surface area contributed by atoms with Gasteiger partial charge in [-0.3, -0.25) is 9.59 Å². The number of anilines is 2. The minimum atomic E-state index is -3.97. The predicted octanol–water partition coefficient (Wildman–Crippen LogP) is 4.65. The number of nitrogens with zero attached hydrogens (tertiary/aromatic N) is 1. The number of hydrogen-bond acceptors (Lipinski definition) is 7. The zero-order chi connectivity index (χ0) is 34.3. The number of carboxylic acids is 2. The molecular formula is C34H33N3O9S. The lowest BCUT2D eigenvalue weighted by Gasteiger charge is -2.18. The molecule has 0 aliphatic heterocycles. The Hall–Kier alpha value is -5.37. The number of hydrogen-bond donors (Lipinski definition) is 5. The topological polar surface area (TPSA) is 190 Å². The van der Waals surface area contributed by atoms with Crippen molar-refractivity contribution in [3.63, 3.8) is 0 Å². The molecule has 0 spiro atoms. The fourth-order valence-electron chi connectivity index (χ4n) is 4.74. The molecule has 12 nitrogen and oxygen atoms in total. The Balaban J connectivity index is 1.47. The Bertz CT molecular complexity index is 1930. The van der Waals surface area contributed by atoms with Gasteiger partial charge >= 0.3 is 11.9 Å². The van der Waals surface area contributed by atoms with Crippen LogP contribution in [0, 0.1) is 0 Å². The van der Waals surface area contributed by atoms with E-state index in [1.165, 1.54) is 43.4 Å². The summed E-state index contributed by atoms with van der Waals surface area (Å²) in [7, 11) is -2.61. The van der Waals surface area contributed by atoms with Crippen molar-refractivity contribution < 1.29 is 42.9 Å². The van der Waals surface area contributed by atoms with E-state index in [4.69, 9.17) is 0 Å². The Morgan fingerprint density at radius 2 is 1.30 bits per heavy atom. The van der Waals surface area contributed by atoms with Crippen molar-refractivity contribution in [1.29, 1.82) is 0 Å². The van der Waals surface area contributed by atoms with Gasteiger partial charge in [-0.05, 0) is 65.2 Å². The average Bonchev–Trinajstić information content (AvgIpc) is 3.04. The number of aliphatic hydroxyl groups is 1. The minimum Gasteiger partial charge on any atom is -0.478 e. The maximum absolute atomic E-state index is 13.3. The molecule has 4 aromatic carbocycles. The molecule has 0 radical (unpaired) electrons. The van der Waals surface area contributed by atoms with Gasteiger partial charge < -0.3 is 26.0 Å². The van der Waals surface area contributed by atoms with Crippen LogP contribution in [0.1, 0.15) is 71.0 Å². The van der Waals surface area contributed by atoms with E-state index in [-0.39, 0.29) is 46.9 Å². The van der Waals surface area contributed by atoms with E-state index in [0.717, 1.165) is 9.87 Å². The molecule has 0 heterocycles. The van der Waals surface area contributed by atoms with Crippen molar-refractivity contribution >= 4 is 45.2 Å². The van der Waals surface area contributed by atoms with E-state index in [1.807, 2.05) is 6.92 Å². The number of rotatable bonds is 13. The molecular weight excluding hydrogens is 626 g/mol. The number of aliphatic hydroxyl groups excluding tert-OH is 1. The molecule has 0 bridgehead atoms. The van der Waals surface area contributed by atoms with Crippen LogP contribution in [0.4, 0.5) is 11.4 Å². The van der Waals surface area contributed by atoms with Crippen molar-refractivity contribution in [3.05, 3.63) is 130 Å². The second-order valence-corrected chi connectivity index (χ2v) is 12.9. The second kappa shape index (κ2) is 14.8. The van der Waals surface area contributed by atoms with E-state index in [0.29, 0.717) is 16.9 Å². The van der Waals surface area contributed by atoms with Crippen LogP contribution in [0.2, 0.25) is 0 Å². The van der Waals surface area contributed by atoms with Gasteiger partial charge in [-0.15, -0.1) is 0 Å². The number of amides is 2. The molecule has 47 heavy (non-hydrogen) atoms. The first-order valence-electron chi connectivity index (χ1n) is 14.3. The number of nitrogens with one attached hydrogen (secondary N) is 2. The summed E-state index contributed by atoms with van der Waals surface area (Å²) in [6.07, 6.45) is 0. The van der Waals surface area contributed by atoms with Crippen LogP contribution in [-0.2, 0) is 22.3 Å². The molecule has 5 N–H and O–H groups in total. The van der Waals surface area contributed by atoms with Gasteiger partial charge in [0.1, 0.15) is 0 Å². The quantitative estimate of drug-likeness (QED) is 0.136. The highest BCUT2D eigenvalue weighted by Gasteiger charge is 2.23. The molecule has 0 saturated heterocycles. The molecule has 0 aliphatic carbocycles. The zero-order valence-corrected chi connectivity index (χ0v) is 26.3. The van der Waals surface area contributed by atoms with E-state index < -0.39 is 39.5 Å². The standard InChI is InChI=1S/C34H33N3O9S/c1-21(19-38)24-11-13-25(14-12-24)35-32(40)30-17-23(10-15-29(30)34(43)44)20-47(45,46)37(2)18-22-6-5-7-26(16-22)36-31(39)27-8-3-4-9-28(27)33(41)42/h3-17,21,38H,18-20H2,1-2H3,(H,35,40)(H,36,39)(H,41,42)(H,43,44). The smallest absolute Gasteiger partial charge is 0.336 e. The molecule has 13 heteroatoms. The fraction of sp³-hybridized carbons (Fsp3) is 0.176. The summed E-state index contributed by atoms with van der Waals surface area (Å²) in [6, 6.07) is 22.6. The lowest BCUT2D eigenvalue weighted by Crippen LogP contribution is -2.28. The van der Waals surface area contributed by atoms with Gasteiger partial charge in [0.15, 0.2) is 0 Å². The highest BCUT2D eigenvalue weighted by Crippen LogP contribution is 2.22. The van der Waals surface area contributed by atoms with Gasteiger partial charge in [0.05, 0.1) is 28.0 Å². The average molecular weight is 660 g/mol. The first-order valence-corrected chi connectivity index (χ1v) is 15.9. The van der Waals surface area contributed by atoms with E-state index >= 15 is 0 Å². The molecule has 2 amide bonds. The van der Waals surface area contributed by atoms with E-state index in [1.54, 1.807) is 54.6 Å². The third-order valence-corrected chi connectivity index (χ3v) is 9.16. The maximum Gasteiger partial charge on any atom is 0.336 e. The maximum atomic E-state index is 13.3. The molecule has 1 unspecified atom stereocenters. The number of carbonyl (C=O) groups is 4. The number of aromatic carboxylic acids is 2. The second-order valence-electron chi connectivity index (χ2n) is 10.9. The van der Waals surface area contributed by atoms with Crippen molar-refractivity contribution in [2.75, 3.05) is 24.3 Å². The lowest BCUT2D eigenvalue weighted by molar-refractivity contribution is 0.0683. The van der Waals surface area contributed by atoms with Gasteiger partial charge in [0.2, 0.25) is 10.0 Å². The van der Waals surface area contributed by atoms with Crippen LogP contribution in [0.15, 0.2) is 91.0 Å². The lowest BCUT2D eigenvalue weighted by atomic mass is 10.0. The summed E-state index contributed by atoms with van der Waals surface area (Å²) in [6.45, 7) is 1.71. The van der Waals surface area contributed by atoms with Crippen LogP contribution >= 0.6 is 0 Å². The molecule has 1 atom stereocenters.